The number of hydrogen-bond donors (Lipinski definition) is 1. The molecule has 1 saturated heterocycles. The van der Waals surface area contributed by atoms with Gasteiger partial charge in [-0.2, -0.15) is 0 Å². The van der Waals surface area contributed by atoms with Gasteiger partial charge in [-0.25, -0.2) is 0 Å². The van der Waals surface area contributed by atoms with Crippen LogP contribution in [0.15, 0.2) is 12.1 Å². The van der Waals surface area contributed by atoms with Crippen LogP contribution < -0.4 is 10.1 Å². The number of benzene rings is 1. The van der Waals surface area contributed by atoms with Gasteiger partial charge in [0, 0.05) is 19.0 Å². The van der Waals surface area contributed by atoms with Crippen molar-refractivity contribution in [1.29, 1.82) is 0 Å². The first kappa shape index (κ1) is 12.7. The minimum atomic E-state index is 0. The summed E-state index contributed by atoms with van der Waals surface area (Å²) in [7, 11) is 1.73. The molecule has 3 rings (SSSR count). The lowest BCUT2D eigenvalue weighted by Gasteiger charge is -2.29. The zero-order valence-corrected chi connectivity index (χ0v) is 11.0. The Morgan fingerprint density at radius 1 is 1.35 bits per heavy atom. The lowest BCUT2D eigenvalue weighted by Crippen LogP contribution is -2.27. The van der Waals surface area contributed by atoms with Crippen LogP contribution in [-0.2, 0) is 11.3 Å². The molecule has 3 nitrogen and oxygen atoms in total. The predicted octanol–water partition coefficient (Wildman–Crippen LogP) is 2.01. The lowest BCUT2D eigenvalue weighted by molar-refractivity contribution is 0.0295. The van der Waals surface area contributed by atoms with Crippen molar-refractivity contribution in [2.75, 3.05) is 20.2 Å². The molecule has 2 heterocycles. The van der Waals surface area contributed by atoms with Crippen LogP contribution in [0.3, 0.4) is 0 Å². The summed E-state index contributed by atoms with van der Waals surface area (Å²) in [4.78, 5) is 0. The van der Waals surface area contributed by atoms with E-state index >= 15 is 0 Å². The van der Waals surface area contributed by atoms with Crippen LogP contribution >= 0.6 is 12.4 Å². The summed E-state index contributed by atoms with van der Waals surface area (Å²) in [6.45, 7) is 4.87. The average Bonchev–Trinajstić information content (AvgIpc) is 2.77. The molecule has 0 aliphatic carbocycles. The van der Waals surface area contributed by atoms with E-state index in [1.54, 1.807) is 7.11 Å². The number of hydrogen-bond acceptors (Lipinski definition) is 3. The van der Waals surface area contributed by atoms with E-state index in [9.17, 15) is 0 Å². The smallest absolute Gasteiger partial charge is 0.119 e. The Morgan fingerprint density at radius 3 is 2.94 bits per heavy atom. The standard InChI is InChI=1S/C13H17NO2.ClH/c1-8-3-9(15-2)4-10-11-5-14-6-13(11)16-7-12(8)10;/h3-4,11,13-14H,5-7H2,1-2H3;1H/t11-,13+;/m0./s1. The Morgan fingerprint density at radius 2 is 2.18 bits per heavy atom. The minimum Gasteiger partial charge on any atom is -0.497 e. The Kier molecular flexibility index (Phi) is 3.61. The van der Waals surface area contributed by atoms with Gasteiger partial charge in [-0.15, -0.1) is 12.4 Å². The molecule has 94 valence electrons. The highest BCUT2D eigenvalue weighted by atomic mass is 35.5. The maximum atomic E-state index is 5.88. The highest BCUT2D eigenvalue weighted by Gasteiger charge is 2.35. The third kappa shape index (κ3) is 2.03. The van der Waals surface area contributed by atoms with Crippen molar-refractivity contribution in [2.45, 2.75) is 25.6 Å². The molecule has 0 unspecified atom stereocenters. The van der Waals surface area contributed by atoms with Gasteiger partial charge >= 0.3 is 0 Å². The molecule has 0 spiro atoms. The van der Waals surface area contributed by atoms with Gasteiger partial charge in [-0.05, 0) is 35.7 Å². The third-order valence-electron chi connectivity index (χ3n) is 3.72. The van der Waals surface area contributed by atoms with E-state index in [0.717, 1.165) is 25.4 Å². The van der Waals surface area contributed by atoms with Gasteiger partial charge in [0.15, 0.2) is 0 Å². The first-order chi connectivity index (χ1) is 7.79. The van der Waals surface area contributed by atoms with Crippen LogP contribution in [0.1, 0.15) is 22.6 Å². The second-order valence-electron chi connectivity index (χ2n) is 4.63. The number of methoxy groups -OCH3 is 1. The van der Waals surface area contributed by atoms with Crippen molar-refractivity contribution in [3.05, 3.63) is 28.8 Å². The maximum Gasteiger partial charge on any atom is 0.119 e. The molecule has 1 N–H and O–H groups in total. The molecule has 17 heavy (non-hydrogen) atoms. The van der Waals surface area contributed by atoms with Crippen molar-refractivity contribution in [2.24, 2.45) is 0 Å². The molecule has 4 heteroatoms. The fourth-order valence-corrected chi connectivity index (χ4v) is 2.79. The normalized spacial score (nSPS) is 25.8. The van der Waals surface area contributed by atoms with Crippen LogP contribution in [0, 0.1) is 6.92 Å². The molecule has 0 saturated carbocycles. The first-order valence-corrected chi connectivity index (χ1v) is 5.79. The number of rotatable bonds is 1. The number of fused-ring (bicyclic) bond motifs is 3. The van der Waals surface area contributed by atoms with Gasteiger partial charge in [0.05, 0.1) is 19.8 Å². The highest BCUT2D eigenvalue weighted by Crippen LogP contribution is 2.37. The molecule has 2 aliphatic rings. The number of nitrogens with one attached hydrogen (secondary N) is 1. The van der Waals surface area contributed by atoms with E-state index in [4.69, 9.17) is 9.47 Å². The van der Waals surface area contributed by atoms with E-state index in [0.29, 0.717) is 12.0 Å². The number of aryl methyl sites for hydroxylation is 1. The second-order valence-corrected chi connectivity index (χ2v) is 4.63. The van der Waals surface area contributed by atoms with E-state index < -0.39 is 0 Å². The van der Waals surface area contributed by atoms with E-state index in [-0.39, 0.29) is 12.4 Å². The summed E-state index contributed by atoms with van der Waals surface area (Å²) < 4.78 is 11.2. The molecular weight excluding hydrogens is 238 g/mol. The van der Waals surface area contributed by atoms with Gasteiger partial charge in [0.25, 0.3) is 0 Å². The van der Waals surface area contributed by atoms with Gasteiger partial charge in [-0.1, -0.05) is 0 Å². The van der Waals surface area contributed by atoms with E-state index in [1.165, 1.54) is 16.7 Å². The lowest BCUT2D eigenvalue weighted by atomic mass is 9.87. The summed E-state index contributed by atoms with van der Waals surface area (Å²) in [5, 5.41) is 3.40. The van der Waals surface area contributed by atoms with Crippen LogP contribution in [-0.4, -0.2) is 26.3 Å². The molecule has 1 fully saturated rings. The number of halogens is 1. The molecule has 0 aromatic heterocycles. The van der Waals surface area contributed by atoms with Gasteiger partial charge in [0.2, 0.25) is 0 Å². The zero-order valence-electron chi connectivity index (χ0n) is 10.2. The molecule has 2 aliphatic heterocycles. The molecule has 1 aromatic carbocycles. The quantitative estimate of drug-likeness (QED) is 0.833. The van der Waals surface area contributed by atoms with Gasteiger partial charge in [0.1, 0.15) is 5.75 Å². The van der Waals surface area contributed by atoms with Crippen molar-refractivity contribution in [3.8, 4) is 5.75 Å². The predicted molar refractivity (Wildman–Crippen MR) is 69.2 cm³/mol. The highest BCUT2D eigenvalue weighted by molar-refractivity contribution is 5.85. The zero-order chi connectivity index (χ0) is 11.1. The minimum absolute atomic E-state index is 0. The van der Waals surface area contributed by atoms with Crippen molar-refractivity contribution in [1.82, 2.24) is 5.32 Å². The third-order valence-corrected chi connectivity index (χ3v) is 3.72. The summed E-state index contributed by atoms with van der Waals surface area (Å²) in [5.74, 6) is 1.46. The molecule has 2 atom stereocenters. The summed E-state index contributed by atoms with van der Waals surface area (Å²) in [5.41, 5.74) is 4.04. The second kappa shape index (κ2) is 4.84. The molecule has 0 radical (unpaired) electrons. The average molecular weight is 256 g/mol. The fraction of sp³-hybridized carbons (Fsp3) is 0.538. The molecule has 0 bridgehead atoms. The van der Waals surface area contributed by atoms with Crippen molar-refractivity contribution < 1.29 is 9.47 Å². The largest absolute Gasteiger partial charge is 0.497 e. The fourth-order valence-electron chi connectivity index (χ4n) is 2.79. The Hall–Kier alpha value is -0.770. The van der Waals surface area contributed by atoms with E-state index in [2.05, 4.69) is 24.4 Å². The SMILES string of the molecule is COc1cc(C)c2c(c1)[C@@H]1CNC[C@H]1OC2.Cl. The van der Waals surface area contributed by atoms with Crippen LogP contribution in [0.4, 0.5) is 0 Å². The summed E-state index contributed by atoms with van der Waals surface area (Å²) >= 11 is 0. The van der Waals surface area contributed by atoms with Gasteiger partial charge in [-0.3, -0.25) is 0 Å². The maximum absolute atomic E-state index is 5.88. The van der Waals surface area contributed by atoms with E-state index in [1.807, 2.05) is 0 Å². The summed E-state index contributed by atoms with van der Waals surface area (Å²) in [6.07, 6.45) is 0.346. The Labute approximate surface area is 108 Å². The molecular formula is C13H18ClNO2. The Balaban J connectivity index is 0.00000108. The van der Waals surface area contributed by atoms with Crippen molar-refractivity contribution >= 4 is 12.4 Å². The summed E-state index contributed by atoms with van der Waals surface area (Å²) in [6, 6.07) is 4.26. The monoisotopic (exact) mass is 255 g/mol. The number of ether oxygens (including phenoxy) is 2. The van der Waals surface area contributed by atoms with Crippen LogP contribution in [0.2, 0.25) is 0 Å². The molecule has 1 aromatic rings. The van der Waals surface area contributed by atoms with Crippen LogP contribution in [0.25, 0.3) is 0 Å². The van der Waals surface area contributed by atoms with Gasteiger partial charge < -0.3 is 14.8 Å². The van der Waals surface area contributed by atoms with Crippen molar-refractivity contribution in [3.63, 3.8) is 0 Å². The van der Waals surface area contributed by atoms with Crippen LogP contribution in [0.5, 0.6) is 5.75 Å². The molecule has 0 amide bonds. The first-order valence-electron chi connectivity index (χ1n) is 5.79. The topological polar surface area (TPSA) is 30.5 Å². The Bertz CT molecular complexity index is 422.